The van der Waals surface area contributed by atoms with Gasteiger partial charge in [0.2, 0.25) is 0 Å². The Bertz CT molecular complexity index is 793. The Morgan fingerprint density at radius 3 is 2.91 bits per heavy atom. The highest BCUT2D eigenvalue weighted by Crippen LogP contribution is 2.35. The van der Waals surface area contributed by atoms with Crippen molar-refractivity contribution in [2.24, 2.45) is 7.05 Å². The van der Waals surface area contributed by atoms with Gasteiger partial charge in [-0.25, -0.2) is 9.97 Å². The Morgan fingerprint density at radius 2 is 2.09 bits per heavy atom. The third kappa shape index (κ3) is 2.06. The van der Waals surface area contributed by atoms with Crippen molar-refractivity contribution in [3.8, 4) is 11.5 Å². The zero-order valence-electron chi connectivity index (χ0n) is 13.0. The predicted octanol–water partition coefficient (Wildman–Crippen LogP) is 3.52. The van der Waals surface area contributed by atoms with Gasteiger partial charge in [-0.2, -0.15) is 0 Å². The van der Waals surface area contributed by atoms with Crippen LogP contribution in [0.5, 0.6) is 0 Å². The molecule has 0 spiro atoms. The Morgan fingerprint density at radius 1 is 1.23 bits per heavy atom. The Labute approximate surface area is 130 Å². The van der Waals surface area contributed by atoms with E-state index in [0.717, 1.165) is 23.8 Å². The van der Waals surface area contributed by atoms with Crippen LogP contribution in [0.25, 0.3) is 11.5 Å². The van der Waals surface area contributed by atoms with E-state index in [1.54, 1.807) is 0 Å². The highest BCUT2D eigenvalue weighted by atomic mass is 15.1. The van der Waals surface area contributed by atoms with Gasteiger partial charge in [0.15, 0.2) is 5.82 Å². The van der Waals surface area contributed by atoms with Gasteiger partial charge in [-0.1, -0.05) is 24.3 Å². The molecule has 1 aromatic carbocycles. The fraction of sp³-hybridized carbons (Fsp3) is 0.333. The van der Waals surface area contributed by atoms with Gasteiger partial charge in [0.1, 0.15) is 11.5 Å². The molecule has 0 saturated carbocycles. The minimum atomic E-state index is 0.366. The minimum absolute atomic E-state index is 0.366. The SMILES string of the molecule is Cc1nc(-c2nccn2C2CCCc3ccccc32)cn1C. The molecule has 2 aromatic heterocycles. The summed E-state index contributed by atoms with van der Waals surface area (Å²) in [4.78, 5) is 9.22. The van der Waals surface area contributed by atoms with E-state index in [9.17, 15) is 0 Å². The number of aryl methyl sites for hydroxylation is 3. The third-order valence-corrected chi connectivity index (χ3v) is 4.68. The molecule has 4 heteroatoms. The molecule has 4 nitrogen and oxygen atoms in total. The van der Waals surface area contributed by atoms with Crippen molar-refractivity contribution < 1.29 is 0 Å². The van der Waals surface area contributed by atoms with Gasteiger partial charge >= 0.3 is 0 Å². The first-order valence-corrected chi connectivity index (χ1v) is 7.85. The molecule has 0 N–H and O–H groups in total. The van der Waals surface area contributed by atoms with Crippen molar-refractivity contribution in [3.63, 3.8) is 0 Å². The van der Waals surface area contributed by atoms with Crippen molar-refractivity contribution in [2.75, 3.05) is 0 Å². The number of fused-ring (bicyclic) bond motifs is 1. The van der Waals surface area contributed by atoms with Gasteiger partial charge in [-0.15, -0.1) is 0 Å². The summed E-state index contributed by atoms with van der Waals surface area (Å²) in [5.74, 6) is 1.97. The zero-order chi connectivity index (χ0) is 15.1. The largest absolute Gasteiger partial charge is 0.337 e. The monoisotopic (exact) mass is 292 g/mol. The summed E-state index contributed by atoms with van der Waals surface area (Å²) in [6.45, 7) is 2.02. The number of imidazole rings is 2. The van der Waals surface area contributed by atoms with Crippen molar-refractivity contribution in [1.29, 1.82) is 0 Å². The highest BCUT2D eigenvalue weighted by molar-refractivity contribution is 5.50. The second-order valence-electron chi connectivity index (χ2n) is 6.05. The lowest BCUT2D eigenvalue weighted by Gasteiger charge is -2.27. The number of benzene rings is 1. The molecule has 1 aliphatic carbocycles. The van der Waals surface area contributed by atoms with Crippen LogP contribution in [0.2, 0.25) is 0 Å². The first-order valence-electron chi connectivity index (χ1n) is 7.85. The zero-order valence-corrected chi connectivity index (χ0v) is 13.0. The van der Waals surface area contributed by atoms with Crippen LogP contribution in [0.3, 0.4) is 0 Å². The quantitative estimate of drug-likeness (QED) is 0.724. The molecular weight excluding hydrogens is 272 g/mol. The summed E-state index contributed by atoms with van der Waals surface area (Å²) in [5.41, 5.74) is 3.85. The lowest BCUT2D eigenvalue weighted by atomic mass is 9.87. The van der Waals surface area contributed by atoms with Crippen LogP contribution in [0.4, 0.5) is 0 Å². The van der Waals surface area contributed by atoms with E-state index < -0.39 is 0 Å². The van der Waals surface area contributed by atoms with Crippen molar-refractivity contribution in [2.45, 2.75) is 32.2 Å². The summed E-state index contributed by atoms with van der Waals surface area (Å²) >= 11 is 0. The number of rotatable bonds is 2. The molecular formula is C18H20N4. The maximum atomic E-state index is 4.64. The van der Waals surface area contributed by atoms with Crippen LogP contribution in [0.1, 0.15) is 35.8 Å². The van der Waals surface area contributed by atoms with Crippen LogP contribution < -0.4 is 0 Å². The molecule has 0 saturated heterocycles. The standard InChI is InChI=1S/C18H20N4/c1-13-20-16(12-21(13)2)18-19-10-11-22(18)17-9-5-7-14-6-3-4-8-15(14)17/h3-4,6,8,10-12,17H,5,7,9H2,1-2H3. The first-order chi connectivity index (χ1) is 10.7. The second-order valence-corrected chi connectivity index (χ2v) is 6.05. The van der Waals surface area contributed by atoms with Gasteiger partial charge < -0.3 is 9.13 Å². The van der Waals surface area contributed by atoms with E-state index in [2.05, 4.69) is 51.2 Å². The van der Waals surface area contributed by atoms with E-state index in [1.807, 2.05) is 24.7 Å². The maximum absolute atomic E-state index is 4.64. The van der Waals surface area contributed by atoms with Crippen LogP contribution >= 0.6 is 0 Å². The number of aromatic nitrogens is 4. The molecule has 112 valence electrons. The predicted molar refractivity (Wildman–Crippen MR) is 86.7 cm³/mol. The topological polar surface area (TPSA) is 35.6 Å². The van der Waals surface area contributed by atoms with E-state index in [1.165, 1.54) is 24.0 Å². The Balaban J connectivity index is 1.81. The third-order valence-electron chi connectivity index (χ3n) is 4.68. The molecule has 0 bridgehead atoms. The molecule has 1 unspecified atom stereocenters. The smallest absolute Gasteiger partial charge is 0.160 e. The second kappa shape index (κ2) is 5.13. The van der Waals surface area contributed by atoms with Crippen molar-refractivity contribution in [1.82, 2.24) is 19.1 Å². The Kier molecular flexibility index (Phi) is 3.10. The summed E-state index contributed by atoms with van der Waals surface area (Å²) in [7, 11) is 2.02. The van der Waals surface area contributed by atoms with Crippen LogP contribution in [-0.2, 0) is 13.5 Å². The van der Waals surface area contributed by atoms with Gasteiger partial charge in [0.05, 0.1) is 6.04 Å². The van der Waals surface area contributed by atoms with Crippen LogP contribution in [0, 0.1) is 6.92 Å². The van der Waals surface area contributed by atoms with Gasteiger partial charge in [0.25, 0.3) is 0 Å². The molecule has 0 fully saturated rings. The molecule has 0 aliphatic heterocycles. The van der Waals surface area contributed by atoms with Gasteiger partial charge in [-0.3, -0.25) is 0 Å². The molecule has 4 rings (SSSR count). The van der Waals surface area contributed by atoms with E-state index in [4.69, 9.17) is 0 Å². The van der Waals surface area contributed by atoms with E-state index in [0.29, 0.717) is 6.04 Å². The summed E-state index contributed by atoms with van der Waals surface area (Å²) in [6, 6.07) is 9.15. The molecule has 3 aromatic rings. The normalized spacial score (nSPS) is 17.5. The molecule has 1 aliphatic rings. The van der Waals surface area contributed by atoms with Crippen molar-refractivity contribution >= 4 is 0 Å². The molecule has 0 amide bonds. The lowest BCUT2D eigenvalue weighted by molar-refractivity contribution is 0.493. The van der Waals surface area contributed by atoms with Gasteiger partial charge in [0, 0.05) is 25.6 Å². The van der Waals surface area contributed by atoms with Crippen LogP contribution in [-0.4, -0.2) is 19.1 Å². The summed E-state index contributed by atoms with van der Waals surface area (Å²) in [6.07, 6.45) is 9.59. The maximum Gasteiger partial charge on any atom is 0.160 e. The first kappa shape index (κ1) is 13.3. The number of hydrogen-bond acceptors (Lipinski definition) is 2. The molecule has 22 heavy (non-hydrogen) atoms. The van der Waals surface area contributed by atoms with Crippen molar-refractivity contribution in [3.05, 3.63) is 59.8 Å². The Hall–Kier alpha value is -2.36. The molecule has 0 radical (unpaired) electrons. The molecule has 1 atom stereocenters. The van der Waals surface area contributed by atoms with E-state index >= 15 is 0 Å². The minimum Gasteiger partial charge on any atom is -0.337 e. The lowest BCUT2D eigenvalue weighted by Crippen LogP contribution is -2.17. The average Bonchev–Trinajstić information content (AvgIpc) is 3.14. The fourth-order valence-electron chi connectivity index (χ4n) is 3.45. The van der Waals surface area contributed by atoms with Gasteiger partial charge in [-0.05, 0) is 37.3 Å². The summed E-state index contributed by atoms with van der Waals surface area (Å²) < 4.78 is 4.34. The summed E-state index contributed by atoms with van der Waals surface area (Å²) in [5, 5.41) is 0. The fourth-order valence-corrected chi connectivity index (χ4v) is 3.45. The highest BCUT2D eigenvalue weighted by Gasteiger charge is 2.24. The number of nitrogens with zero attached hydrogens (tertiary/aromatic N) is 4. The average molecular weight is 292 g/mol. The molecule has 2 heterocycles. The number of hydrogen-bond donors (Lipinski definition) is 0. The van der Waals surface area contributed by atoms with Crippen LogP contribution in [0.15, 0.2) is 42.9 Å². The van der Waals surface area contributed by atoms with E-state index in [-0.39, 0.29) is 0 Å².